The highest BCUT2D eigenvalue weighted by atomic mass is 16.7. The number of carbonyl (C=O) groups is 1. The summed E-state index contributed by atoms with van der Waals surface area (Å²) in [6.45, 7) is 0.213. The van der Waals surface area contributed by atoms with Gasteiger partial charge in [-0.2, -0.15) is 0 Å². The number of hydrogen-bond donors (Lipinski definition) is 0. The zero-order valence-corrected chi connectivity index (χ0v) is 9.41. The summed E-state index contributed by atoms with van der Waals surface area (Å²) in [6.07, 6.45) is 0.634. The van der Waals surface area contributed by atoms with Crippen molar-refractivity contribution in [3.8, 4) is 0 Å². The van der Waals surface area contributed by atoms with E-state index in [1.54, 1.807) is 6.07 Å². The lowest BCUT2D eigenvalue weighted by Gasteiger charge is -2.33. The summed E-state index contributed by atoms with van der Waals surface area (Å²) < 4.78 is 0. The lowest BCUT2D eigenvalue weighted by molar-refractivity contribution is -0.123. The van der Waals surface area contributed by atoms with Gasteiger partial charge in [-0.1, -0.05) is 23.3 Å². The monoisotopic (exact) mass is 232 g/mol. The third-order valence-electron chi connectivity index (χ3n) is 2.79. The first-order chi connectivity index (χ1) is 8.27. The van der Waals surface area contributed by atoms with Crippen molar-refractivity contribution >= 4 is 5.91 Å². The van der Waals surface area contributed by atoms with E-state index in [0.717, 1.165) is 5.56 Å². The van der Waals surface area contributed by atoms with Gasteiger partial charge in [-0.3, -0.25) is 9.63 Å². The summed E-state index contributed by atoms with van der Waals surface area (Å²) in [5.74, 6) is -0.188. The van der Waals surface area contributed by atoms with E-state index in [4.69, 9.17) is 10.4 Å². The van der Waals surface area contributed by atoms with Crippen LogP contribution in [0.5, 0.6) is 0 Å². The second-order valence-corrected chi connectivity index (χ2v) is 3.74. The fourth-order valence-electron chi connectivity index (χ4n) is 2.03. The van der Waals surface area contributed by atoms with Gasteiger partial charge in [-0.15, -0.1) is 0 Å². The molecule has 0 fully saturated rings. The molecule has 88 valence electrons. The van der Waals surface area contributed by atoms with Crippen molar-refractivity contribution in [1.29, 1.82) is 0 Å². The second-order valence-electron chi connectivity index (χ2n) is 3.74. The number of carbonyl (C=O) groups excluding carboxylic acids is 1. The molecule has 1 aliphatic heterocycles. The molecule has 0 aliphatic carbocycles. The van der Waals surface area contributed by atoms with Crippen LogP contribution in [-0.4, -0.2) is 30.7 Å². The van der Waals surface area contributed by atoms with Gasteiger partial charge in [-0.05, 0) is 23.6 Å². The van der Waals surface area contributed by atoms with E-state index in [2.05, 4.69) is 10.0 Å². The molecule has 17 heavy (non-hydrogen) atoms. The molecule has 6 heteroatoms. The molecule has 1 heterocycles. The Morgan fingerprint density at radius 1 is 1.59 bits per heavy atom. The van der Waals surface area contributed by atoms with Crippen LogP contribution in [0.15, 0.2) is 29.4 Å². The van der Waals surface area contributed by atoms with Gasteiger partial charge in [0.1, 0.15) is 0 Å². The fraction of sp³-hybridized carbons (Fsp3) is 0.364. The minimum absolute atomic E-state index is 0.188. The predicted octanol–water partition coefficient (Wildman–Crippen LogP) is 1.93. The maximum Gasteiger partial charge on any atom is 0.277 e. The van der Waals surface area contributed by atoms with Gasteiger partial charge in [0, 0.05) is 17.0 Å². The first-order valence-corrected chi connectivity index (χ1v) is 5.24. The van der Waals surface area contributed by atoms with E-state index in [9.17, 15) is 4.79 Å². The molecule has 1 atom stereocenters. The van der Waals surface area contributed by atoms with Crippen molar-refractivity contribution in [1.82, 2.24) is 5.06 Å². The summed E-state index contributed by atoms with van der Waals surface area (Å²) in [5, 5.41) is 4.78. The van der Waals surface area contributed by atoms with Crippen LogP contribution < -0.4 is 0 Å². The molecule has 0 spiro atoms. The fourth-order valence-corrected chi connectivity index (χ4v) is 2.03. The van der Waals surface area contributed by atoms with Crippen LogP contribution in [0.25, 0.3) is 10.4 Å². The maximum atomic E-state index is 12.1. The summed E-state index contributed by atoms with van der Waals surface area (Å²) in [6, 6.07) is 7.15. The van der Waals surface area contributed by atoms with E-state index in [-0.39, 0.29) is 18.5 Å². The molecule has 6 nitrogen and oxygen atoms in total. The van der Waals surface area contributed by atoms with Gasteiger partial charge in [0.25, 0.3) is 5.91 Å². The number of benzene rings is 1. The van der Waals surface area contributed by atoms with Crippen molar-refractivity contribution in [2.45, 2.75) is 12.5 Å². The molecule has 0 aromatic heterocycles. The van der Waals surface area contributed by atoms with Gasteiger partial charge in [0.05, 0.1) is 13.2 Å². The van der Waals surface area contributed by atoms with Gasteiger partial charge in [0.2, 0.25) is 0 Å². The highest BCUT2D eigenvalue weighted by Crippen LogP contribution is 2.23. The summed E-state index contributed by atoms with van der Waals surface area (Å²) in [7, 11) is 1.44. The van der Waals surface area contributed by atoms with E-state index in [0.29, 0.717) is 12.0 Å². The van der Waals surface area contributed by atoms with Crippen LogP contribution in [0.1, 0.15) is 15.9 Å². The van der Waals surface area contributed by atoms with Gasteiger partial charge >= 0.3 is 0 Å². The van der Waals surface area contributed by atoms with E-state index in [1.165, 1.54) is 12.2 Å². The number of hydrogen-bond acceptors (Lipinski definition) is 3. The Labute approximate surface area is 98.4 Å². The SMILES string of the molecule is CON1C(=O)c2ccccc2CC1CN=[N+]=[N-]. The van der Waals surface area contributed by atoms with Crippen LogP contribution in [0, 0.1) is 0 Å². The number of azide groups is 1. The van der Waals surface area contributed by atoms with Gasteiger partial charge in [-0.25, -0.2) is 5.06 Å². The second kappa shape index (κ2) is 4.86. The zero-order valence-electron chi connectivity index (χ0n) is 9.41. The standard InChI is InChI=1S/C11H12N4O2/c1-17-15-9(7-13-14-12)6-8-4-2-3-5-10(8)11(15)16/h2-5,9H,6-7H2,1H3. The van der Waals surface area contributed by atoms with Crippen LogP contribution in [-0.2, 0) is 11.3 Å². The molecule has 1 amide bonds. The largest absolute Gasteiger partial charge is 0.277 e. The third kappa shape index (κ3) is 2.08. The highest BCUT2D eigenvalue weighted by Gasteiger charge is 2.31. The smallest absolute Gasteiger partial charge is 0.274 e. The Morgan fingerprint density at radius 3 is 3.06 bits per heavy atom. The third-order valence-corrected chi connectivity index (χ3v) is 2.79. The first kappa shape index (κ1) is 11.4. The molecule has 0 radical (unpaired) electrons. The van der Waals surface area contributed by atoms with Gasteiger partial charge < -0.3 is 0 Å². The Balaban J connectivity index is 2.34. The molecule has 0 bridgehead atoms. The predicted molar refractivity (Wildman–Crippen MR) is 61.1 cm³/mol. The molecular formula is C11H12N4O2. The quantitative estimate of drug-likeness (QED) is 0.453. The molecule has 1 aromatic rings. The molecule has 1 unspecified atom stereocenters. The van der Waals surface area contributed by atoms with Crippen molar-refractivity contribution in [3.05, 3.63) is 45.8 Å². The molecular weight excluding hydrogens is 220 g/mol. The number of rotatable bonds is 3. The normalized spacial score (nSPS) is 18.5. The van der Waals surface area contributed by atoms with E-state index < -0.39 is 0 Å². The zero-order chi connectivity index (χ0) is 12.3. The van der Waals surface area contributed by atoms with Crippen molar-refractivity contribution in [2.75, 3.05) is 13.7 Å². The molecule has 0 saturated carbocycles. The Bertz CT molecular complexity index is 482. The number of hydroxylamine groups is 2. The summed E-state index contributed by atoms with van der Waals surface area (Å²) in [4.78, 5) is 19.9. The van der Waals surface area contributed by atoms with Crippen molar-refractivity contribution in [3.63, 3.8) is 0 Å². The average Bonchev–Trinajstić information content (AvgIpc) is 2.36. The van der Waals surface area contributed by atoms with Crippen LogP contribution in [0.3, 0.4) is 0 Å². The lowest BCUT2D eigenvalue weighted by atomic mass is 9.95. The number of fused-ring (bicyclic) bond motifs is 1. The molecule has 0 N–H and O–H groups in total. The molecule has 0 saturated heterocycles. The first-order valence-electron chi connectivity index (χ1n) is 5.24. The summed E-state index contributed by atoms with van der Waals surface area (Å²) >= 11 is 0. The molecule has 1 aliphatic rings. The van der Waals surface area contributed by atoms with Crippen LogP contribution in [0.2, 0.25) is 0 Å². The van der Waals surface area contributed by atoms with E-state index in [1.807, 2.05) is 18.2 Å². The number of amides is 1. The summed E-state index contributed by atoms with van der Waals surface area (Å²) in [5.41, 5.74) is 9.94. The molecule has 2 rings (SSSR count). The maximum absolute atomic E-state index is 12.1. The van der Waals surface area contributed by atoms with Gasteiger partial charge in [0.15, 0.2) is 0 Å². The van der Waals surface area contributed by atoms with Crippen molar-refractivity contribution < 1.29 is 9.63 Å². The Morgan fingerprint density at radius 2 is 2.35 bits per heavy atom. The lowest BCUT2D eigenvalue weighted by Crippen LogP contribution is -2.46. The van der Waals surface area contributed by atoms with E-state index >= 15 is 0 Å². The highest BCUT2D eigenvalue weighted by molar-refractivity contribution is 5.96. The number of nitrogens with zero attached hydrogens (tertiary/aromatic N) is 4. The molecule has 1 aromatic carbocycles. The Hall–Kier alpha value is -2.04. The average molecular weight is 232 g/mol. The minimum Gasteiger partial charge on any atom is -0.274 e. The van der Waals surface area contributed by atoms with Crippen LogP contribution in [0.4, 0.5) is 0 Å². The topological polar surface area (TPSA) is 78.3 Å². The Kier molecular flexibility index (Phi) is 3.27. The minimum atomic E-state index is -0.238. The van der Waals surface area contributed by atoms with Crippen LogP contribution >= 0.6 is 0 Å². The van der Waals surface area contributed by atoms with Crippen molar-refractivity contribution in [2.24, 2.45) is 5.11 Å².